The Hall–Kier alpha value is -2.75. The summed E-state index contributed by atoms with van der Waals surface area (Å²) in [5.41, 5.74) is 5.21. The highest BCUT2D eigenvalue weighted by molar-refractivity contribution is 6.36. The second-order valence-electron chi connectivity index (χ2n) is 8.45. The first-order chi connectivity index (χ1) is 15.6. The molecule has 2 aliphatic rings. The molecule has 0 saturated carbocycles. The molecule has 3 aromatic carbocycles. The van der Waals surface area contributed by atoms with Crippen molar-refractivity contribution in [3.8, 4) is 0 Å². The Kier molecular flexibility index (Phi) is 5.95. The fraction of sp³-hybridized carbons (Fsp3) is 0.222. The molecule has 0 aromatic heterocycles. The molecule has 0 saturated heterocycles. The average molecular weight is 463 g/mol. The lowest BCUT2D eigenvalue weighted by atomic mass is 9.77. The van der Waals surface area contributed by atoms with Gasteiger partial charge in [0.25, 0.3) is 0 Å². The van der Waals surface area contributed by atoms with E-state index in [1.165, 1.54) is 11.1 Å². The number of carbonyl (C=O) groups is 1. The fourth-order valence-electron chi connectivity index (χ4n) is 4.89. The van der Waals surface area contributed by atoms with Gasteiger partial charge >= 0.3 is 0 Å². The van der Waals surface area contributed by atoms with E-state index >= 15 is 0 Å². The number of anilines is 2. The number of fused-ring (bicyclic) bond motifs is 3. The number of benzene rings is 3. The van der Waals surface area contributed by atoms with Crippen LogP contribution >= 0.6 is 23.2 Å². The third-order valence-corrected chi connectivity index (χ3v) is 7.10. The molecule has 2 N–H and O–H groups in total. The van der Waals surface area contributed by atoms with Gasteiger partial charge in [-0.05, 0) is 60.2 Å². The number of allylic oxidation sites excluding steroid dienone is 2. The van der Waals surface area contributed by atoms with Gasteiger partial charge in [0.1, 0.15) is 0 Å². The quantitative estimate of drug-likeness (QED) is 0.388. The van der Waals surface area contributed by atoms with E-state index < -0.39 is 0 Å². The van der Waals surface area contributed by atoms with E-state index in [4.69, 9.17) is 23.2 Å². The molecular formula is C27H24Cl2N2O. The van der Waals surface area contributed by atoms with Crippen LogP contribution in [0.1, 0.15) is 41.5 Å². The number of hydrogen-bond acceptors (Lipinski definition) is 2. The molecule has 0 fully saturated rings. The van der Waals surface area contributed by atoms with Crippen molar-refractivity contribution in [3.05, 3.63) is 106 Å². The maximum Gasteiger partial charge on any atom is 0.224 e. The van der Waals surface area contributed by atoms with Crippen LogP contribution in [0.15, 0.2) is 78.9 Å². The molecule has 5 rings (SSSR count). The summed E-state index contributed by atoms with van der Waals surface area (Å²) in [5.74, 6) is 0.602. The number of aryl methyl sites for hydroxylation is 1. The van der Waals surface area contributed by atoms with Crippen LogP contribution in [0, 0.1) is 5.92 Å². The number of carbonyl (C=O) groups excluding carboxylic acids is 1. The van der Waals surface area contributed by atoms with Crippen molar-refractivity contribution in [2.45, 2.75) is 31.2 Å². The Morgan fingerprint density at radius 3 is 2.56 bits per heavy atom. The van der Waals surface area contributed by atoms with E-state index in [0.717, 1.165) is 29.8 Å². The van der Waals surface area contributed by atoms with Crippen LogP contribution in [0.5, 0.6) is 0 Å². The number of hydrogen-bond donors (Lipinski definition) is 2. The summed E-state index contributed by atoms with van der Waals surface area (Å²) in [7, 11) is 0. The Balaban J connectivity index is 1.36. The second kappa shape index (κ2) is 9.01. The minimum Gasteiger partial charge on any atom is -0.378 e. The Bertz CT molecular complexity index is 1160. The highest BCUT2D eigenvalue weighted by atomic mass is 35.5. The van der Waals surface area contributed by atoms with Gasteiger partial charge in [0.05, 0.1) is 6.04 Å². The minimum absolute atomic E-state index is 0.0248. The number of halogens is 2. The first-order valence-corrected chi connectivity index (χ1v) is 11.7. The molecule has 0 spiro atoms. The summed E-state index contributed by atoms with van der Waals surface area (Å²) >= 11 is 13.1. The van der Waals surface area contributed by atoms with Gasteiger partial charge in [-0.25, -0.2) is 0 Å². The smallest absolute Gasteiger partial charge is 0.224 e. The number of nitrogens with one attached hydrogen (secondary N) is 2. The van der Waals surface area contributed by atoms with E-state index in [1.807, 2.05) is 60.7 Å². The zero-order chi connectivity index (χ0) is 22.1. The van der Waals surface area contributed by atoms with E-state index in [-0.39, 0.29) is 17.9 Å². The Morgan fingerprint density at radius 1 is 1.00 bits per heavy atom. The zero-order valence-corrected chi connectivity index (χ0v) is 19.0. The van der Waals surface area contributed by atoms with Gasteiger partial charge in [-0.3, -0.25) is 4.79 Å². The van der Waals surface area contributed by atoms with Crippen LogP contribution in [-0.2, 0) is 11.2 Å². The molecule has 0 radical (unpaired) electrons. The lowest BCUT2D eigenvalue weighted by Gasteiger charge is -2.38. The van der Waals surface area contributed by atoms with Crippen molar-refractivity contribution < 1.29 is 4.79 Å². The van der Waals surface area contributed by atoms with Gasteiger partial charge in [-0.1, -0.05) is 71.8 Å². The second-order valence-corrected chi connectivity index (χ2v) is 9.26. The molecule has 3 unspecified atom stereocenters. The number of amides is 1. The summed E-state index contributed by atoms with van der Waals surface area (Å²) in [6, 6.07) is 21.9. The molecule has 1 aliphatic heterocycles. The van der Waals surface area contributed by atoms with E-state index in [1.54, 1.807) is 0 Å². The van der Waals surface area contributed by atoms with Crippen molar-refractivity contribution >= 4 is 40.5 Å². The molecule has 3 aromatic rings. The van der Waals surface area contributed by atoms with Crippen molar-refractivity contribution in [1.82, 2.24) is 0 Å². The summed E-state index contributed by atoms with van der Waals surface area (Å²) in [5, 5.41) is 8.12. The highest BCUT2D eigenvalue weighted by Gasteiger charge is 2.39. The molecule has 162 valence electrons. The molecular weight excluding hydrogens is 439 g/mol. The molecule has 1 heterocycles. The maximum absolute atomic E-state index is 12.5. The first-order valence-electron chi connectivity index (χ1n) is 10.9. The molecule has 1 aliphatic carbocycles. The topological polar surface area (TPSA) is 41.1 Å². The fourth-order valence-corrected chi connectivity index (χ4v) is 5.52. The van der Waals surface area contributed by atoms with Gasteiger partial charge < -0.3 is 10.6 Å². The van der Waals surface area contributed by atoms with Gasteiger partial charge in [-0.2, -0.15) is 0 Å². The van der Waals surface area contributed by atoms with E-state index in [9.17, 15) is 4.79 Å². The highest BCUT2D eigenvalue weighted by Crippen LogP contribution is 2.52. The Morgan fingerprint density at radius 2 is 1.78 bits per heavy atom. The lowest BCUT2D eigenvalue weighted by molar-refractivity contribution is -0.116. The van der Waals surface area contributed by atoms with Crippen molar-refractivity contribution in [2.75, 3.05) is 10.6 Å². The maximum atomic E-state index is 12.5. The van der Waals surface area contributed by atoms with Crippen LogP contribution in [-0.4, -0.2) is 5.91 Å². The first kappa shape index (κ1) is 21.1. The predicted octanol–water partition coefficient (Wildman–Crippen LogP) is 7.39. The largest absolute Gasteiger partial charge is 0.378 e. The standard InChI is InChI=1S/C27H24Cl2N2O/c28-22-10-5-11-23(29)26(22)27-20-9-4-8-19(20)21-16-18(13-14-24(21)31-27)30-25(32)15-12-17-6-2-1-3-7-17/h1-8,10-11,13-14,16,19-20,27,31H,9,12,15H2,(H,30,32). The van der Waals surface area contributed by atoms with Gasteiger partial charge in [-0.15, -0.1) is 0 Å². The van der Waals surface area contributed by atoms with Crippen LogP contribution in [0.4, 0.5) is 11.4 Å². The minimum atomic E-state index is 0.0248. The third kappa shape index (κ3) is 4.15. The summed E-state index contributed by atoms with van der Waals surface area (Å²) in [6.07, 6.45) is 6.64. The van der Waals surface area contributed by atoms with Crippen LogP contribution in [0.2, 0.25) is 10.0 Å². The van der Waals surface area contributed by atoms with Crippen molar-refractivity contribution in [3.63, 3.8) is 0 Å². The van der Waals surface area contributed by atoms with Crippen LogP contribution < -0.4 is 10.6 Å². The van der Waals surface area contributed by atoms with Crippen LogP contribution in [0.25, 0.3) is 0 Å². The van der Waals surface area contributed by atoms with Crippen LogP contribution in [0.3, 0.4) is 0 Å². The average Bonchev–Trinajstić information content (AvgIpc) is 3.29. The molecule has 3 nitrogen and oxygen atoms in total. The molecule has 5 heteroatoms. The molecule has 3 atom stereocenters. The van der Waals surface area contributed by atoms with Gasteiger partial charge in [0.15, 0.2) is 0 Å². The van der Waals surface area contributed by atoms with Crippen molar-refractivity contribution in [2.24, 2.45) is 5.92 Å². The third-order valence-electron chi connectivity index (χ3n) is 6.44. The SMILES string of the molecule is O=C(CCc1ccccc1)Nc1ccc2c(c1)C1C=CCC1C(c1c(Cl)cccc1Cl)N2. The van der Waals surface area contributed by atoms with E-state index in [0.29, 0.717) is 22.4 Å². The molecule has 32 heavy (non-hydrogen) atoms. The zero-order valence-electron chi connectivity index (χ0n) is 17.5. The monoisotopic (exact) mass is 462 g/mol. The lowest BCUT2D eigenvalue weighted by Crippen LogP contribution is -2.29. The predicted molar refractivity (Wildman–Crippen MR) is 133 cm³/mol. The molecule has 0 bridgehead atoms. The van der Waals surface area contributed by atoms with Crippen molar-refractivity contribution in [1.29, 1.82) is 0 Å². The normalized spacial score (nSPS) is 20.9. The van der Waals surface area contributed by atoms with E-state index in [2.05, 4.69) is 28.9 Å². The van der Waals surface area contributed by atoms with Gasteiger partial charge in [0, 0.05) is 39.3 Å². The molecule has 1 amide bonds. The summed E-state index contributed by atoms with van der Waals surface area (Å²) < 4.78 is 0. The Labute approximate surface area is 198 Å². The summed E-state index contributed by atoms with van der Waals surface area (Å²) in [4.78, 5) is 12.5. The van der Waals surface area contributed by atoms with Gasteiger partial charge in [0.2, 0.25) is 5.91 Å². The summed E-state index contributed by atoms with van der Waals surface area (Å²) in [6.45, 7) is 0. The number of rotatable bonds is 5.